The van der Waals surface area contributed by atoms with Crippen LogP contribution in [0.4, 0.5) is 5.69 Å². The summed E-state index contributed by atoms with van der Waals surface area (Å²) in [7, 11) is 3.39. The predicted molar refractivity (Wildman–Crippen MR) is 79.4 cm³/mol. The van der Waals surface area contributed by atoms with Crippen LogP contribution in [-0.2, 0) is 16.6 Å². The van der Waals surface area contributed by atoms with Crippen molar-refractivity contribution in [3.05, 3.63) is 36.3 Å². The molecule has 0 radical (unpaired) electrons. The second-order valence-electron chi connectivity index (χ2n) is 5.21. The van der Waals surface area contributed by atoms with E-state index in [-0.39, 0.29) is 17.9 Å². The molecule has 0 aromatic carbocycles. The fourth-order valence-electron chi connectivity index (χ4n) is 2.58. The Bertz CT molecular complexity index is 653. The van der Waals surface area contributed by atoms with Crippen molar-refractivity contribution in [3.8, 4) is 5.88 Å². The highest BCUT2D eigenvalue weighted by molar-refractivity contribution is 5.93. The zero-order chi connectivity index (χ0) is 15.5. The number of nitrogens with zero attached hydrogens (tertiary/aromatic N) is 3. The number of anilines is 1. The molecule has 0 spiro atoms. The van der Waals surface area contributed by atoms with Crippen molar-refractivity contribution in [2.75, 3.05) is 19.0 Å². The van der Waals surface area contributed by atoms with Crippen molar-refractivity contribution in [2.24, 2.45) is 13.0 Å². The highest BCUT2D eigenvalue weighted by Gasteiger charge is 2.36. The van der Waals surface area contributed by atoms with Crippen molar-refractivity contribution in [3.63, 3.8) is 0 Å². The third kappa shape index (κ3) is 2.94. The van der Waals surface area contributed by atoms with Gasteiger partial charge in [-0.3, -0.25) is 9.48 Å². The van der Waals surface area contributed by atoms with Crippen LogP contribution in [0.5, 0.6) is 5.88 Å². The van der Waals surface area contributed by atoms with Gasteiger partial charge in [0.25, 0.3) is 0 Å². The maximum absolute atomic E-state index is 12.5. The lowest BCUT2D eigenvalue weighted by Gasteiger charge is -2.16. The summed E-state index contributed by atoms with van der Waals surface area (Å²) >= 11 is 0. The number of carbonyl (C=O) groups excluding carboxylic acids is 1. The number of methoxy groups -OCH3 is 1. The number of ether oxygens (including phenoxy) is 2. The first-order valence-electron chi connectivity index (χ1n) is 7.08. The van der Waals surface area contributed by atoms with Crippen molar-refractivity contribution >= 4 is 11.6 Å². The molecule has 0 bridgehead atoms. The molecule has 1 N–H and O–H groups in total. The fourth-order valence-corrected chi connectivity index (χ4v) is 2.58. The molecular weight excluding hydrogens is 284 g/mol. The maximum atomic E-state index is 12.5. The van der Waals surface area contributed by atoms with Gasteiger partial charge in [-0.15, -0.1) is 0 Å². The third-order valence-corrected chi connectivity index (χ3v) is 3.69. The van der Waals surface area contributed by atoms with Crippen molar-refractivity contribution in [2.45, 2.75) is 12.5 Å². The standard InChI is InChI=1S/C15H18N4O3/c1-19-9-10(7-17-19)14-12(5-6-22-14)15(20)18-11-3-4-13(21-2)16-8-11/h3-4,7-9,12,14H,5-6H2,1-2H3,(H,18,20)/t12-,14+/m0/s1. The van der Waals surface area contributed by atoms with Gasteiger partial charge in [0.2, 0.25) is 11.8 Å². The molecule has 1 aliphatic rings. The lowest BCUT2D eigenvalue weighted by atomic mass is 9.96. The van der Waals surface area contributed by atoms with Crippen LogP contribution in [0.15, 0.2) is 30.7 Å². The molecule has 0 saturated carbocycles. The first kappa shape index (κ1) is 14.5. The van der Waals surface area contributed by atoms with Crippen LogP contribution in [0, 0.1) is 5.92 Å². The summed E-state index contributed by atoms with van der Waals surface area (Å²) in [5, 5.41) is 7.02. The maximum Gasteiger partial charge on any atom is 0.230 e. The number of aryl methyl sites for hydroxylation is 1. The van der Waals surface area contributed by atoms with Gasteiger partial charge in [0.15, 0.2) is 0 Å². The largest absolute Gasteiger partial charge is 0.481 e. The topological polar surface area (TPSA) is 78.3 Å². The van der Waals surface area contributed by atoms with Gasteiger partial charge in [-0.05, 0) is 12.5 Å². The van der Waals surface area contributed by atoms with Gasteiger partial charge >= 0.3 is 0 Å². The fraction of sp³-hybridized carbons (Fsp3) is 0.400. The highest BCUT2D eigenvalue weighted by atomic mass is 16.5. The molecule has 2 aromatic rings. The molecule has 0 aliphatic carbocycles. The molecule has 2 aromatic heterocycles. The molecule has 3 rings (SSSR count). The number of rotatable bonds is 4. The molecule has 1 saturated heterocycles. The normalized spacial score (nSPS) is 20.8. The zero-order valence-corrected chi connectivity index (χ0v) is 12.5. The molecule has 2 atom stereocenters. The molecule has 1 fully saturated rings. The molecule has 1 amide bonds. The number of hydrogen-bond donors (Lipinski definition) is 1. The Morgan fingerprint density at radius 3 is 2.95 bits per heavy atom. The molecule has 1 aliphatic heterocycles. The SMILES string of the molecule is COc1ccc(NC(=O)[C@H]2CCO[C@@H]2c2cnn(C)c2)cn1. The van der Waals surface area contributed by atoms with E-state index in [1.165, 1.54) is 0 Å². The monoisotopic (exact) mass is 302 g/mol. The summed E-state index contributed by atoms with van der Waals surface area (Å²) in [6, 6.07) is 3.47. The Labute approximate surface area is 128 Å². The summed E-state index contributed by atoms with van der Waals surface area (Å²) in [4.78, 5) is 16.6. The minimum atomic E-state index is -0.250. The number of pyridine rings is 1. The van der Waals surface area contributed by atoms with E-state index in [1.54, 1.807) is 36.3 Å². The third-order valence-electron chi connectivity index (χ3n) is 3.69. The van der Waals surface area contributed by atoms with Crippen LogP contribution in [0.2, 0.25) is 0 Å². The lowest BCUT2D eigenvalue weighted by Crippen LogP contribution is -2.25. The smallest absolute Gasteiger partial charge is 0.230 e. The van der Waals surface area contributed by atoms with E-state index in [9.17, 15) is 4.79 Å². The first-order chi connectivity index (χ1) is 10.7. The van der Waals surface area contributed by atoms with Crippen LogP contribution in [-0.4, -0.2) is 34.4 Å². The van der Waals surface area contributed by atoms with Crippen LogP contribution in [0.25, 0.3) is 0 Å². The Morgan fingerprint density at radius 2 is 2.32 bits per heavy atom. The van der Waals surface area contributed by atoms with Gasteiger partial charge in [-0.1, -0.05) is 0 Å². The minimum Gasteiger partial charge on any atom is -0.481 e. The summed E-state index contributed by atoms with van der Waals surface area (Å²) in [6.45, 7) is 0.568. The van der Waals surface area contributed by atoms with Gasteiger partial charge in [0.1, 0.15) is 0 Å². The number of hydrogen-bond acceptors (Lipinski definition) is 5. The molecule has 0 unspecified atom stereocenters. The zero-order valence-electron chi connectivity index (χ0n) is 12.5. The summed E-state index contributed by atoms with van der Waals surface area (Å²) < 4.78 is 12.4. The van der Waals surface area contributed by atoms with Crippen molar-refractivity contribution in [1.82, 2.24) is 14.8 Å². The Balaban J connectivity index is 1.70. The quantitative estimate of drug-likeness (QED) is 0.927. The van der Waals surface area contributed by atoms with E-state index in [0.717, 1.165) is 5.56 Å². The van der Waals surface area contributed by atoms with Gasteiger partial charge in [0.05, 0.1) is 37.2 Å². The van der Waals surface area contributed by atoms with E-state index < -0.39 is 0 Å². The molecule has 116 valence electrons. The predicted octanol–water partition coefficient (Wildman–Crippen LogP) is 1.54. The molecule has 22 heavy (non-hydrogen) atoms. The summed E-state index contributed by atoms with van der Waals surface area (Å²) in [5.74, 6) is 0.208. The Morgan fingerprint density at radius 1 is 1.45 bits per heavy atom. The van der Waals surface area contributed by atoms with Gasteiger partial charge in [-0.2, -0.15) is 5.10 Å². The average molecular weight is 302 g/mol. The van der Waals surface area contributed by atoms with Crippen LogP contribution >= 0.6 is 0 Å². The van der Waals surface area contributed by atoms with Gasteiger partial charge in [0, 0.05) is 31.5 Å². The van der Waals surface area contributed by atoms with E-state index in [4.69, 9.17) is 9.47 Å². The van der Waals surface area contributed by atoms with E-state index >= 15 is 0 Å². The second-order valence-corrected chi connectivity index (χ2v) is 5.21. The lowest BCUT2D eigenvalue weighted by molar-refractivity contribution is -0.121. The molecule has 3 heterocycles. The number of aromatic nitrogens is 3. The molecular formula is C15H18N4O3. The minimum absolute atomic E-state index is 0.0710. The average Bonchev–Trinajstić information content (AvgIpc) is 3.16. The number of carbonyl (C=O) groups is 1. The number of nitrogens with one attached hydrogen (secondary N) is 1. The van der Waals surface area contributed by atoms with E-state index in [2.05, 4.69) is 15.4 Å². The highest BCUT2D eigenvalue weighted by Crippen LogP contribution is 2.35. The van der Waals surface area contributed by atoms with Crippen LogP contribution < -0.4 is 10.1 Å². The molecule has 7 nitrogen and oxygen atoms in total. The second kappa shape index (κ2) is 6.15. The van der Waals surface area contributed by atoms with Gasteiger partial charge < -0.3 is 14.8 Å². The Hall–Kier alpha value is -2.41. The summed E-state index contributed by atoms with van der Waals surface area (Å²) in [5.41, 5.74) is 1.57. The van der Waals surface area contributed by atoms with E-state index in [0.29, 0.717) is 24.6 Å². The van der Waals surface area contributed by atoms with E-state index in [1.807, 2.05) is 13.2 Å². The summed E-state index contributed by atoms with van der Waals surface area (Å²) in [6.07, 6.45) is 5.64. The van der Waals surface area contributed by atoms with Gasteiger partial charge in [-0.25, -0.2) is 4.98 Å². The first-order valence-corrected chi connectivity index (χ1v) is 7.08. The number of amides is 1. The molecule has 7 heteroatoms. The van der Waals surface area contributed by atoms with Crippen molar-refractivity contribution < 1.29 is 14.3 Å². The van der Waals surface area contributed by atoms with Crippen LogP contribution in [0.3, 0.4) is 0 Å². The Kier molecular flexibility index (Phi) is 4.06. The van der Waals surface area contributed by atoms with Crippen molar-refractivity contribution in [1.29, 1.82) is 0 Å². The van der Waals surface area contributed by atoms with Crippen LogP contribution in [0.1, 0.15) is 18.1 Å².